The van der Waals surface area contributed by atoms with Gasteiger partial charge in [-0.2, -0.15) is 0 Å². The summed E-state index contributed by atoms with van der Waals surface area (Å²) >= 11 is 0. The van der Waals surface area contributed by atoms with Crippen LogP contribution in [-0.2, 0) is 16.0 Å². The van der Waals surface area contributed by atoms with Crippen molar-refractivity contribution >= 4 is 11.9 Å². The van der Waals surface area contributed by atoms with Crippen LogP contribution in [0, 0.1) is 5.82 Å². The number of likely N-dealkylation sites (tertiary alicyclic amines) is 1. The van der Waals surface area contributed by atoms with E-state index in [0.29, 0.717) is 31.4 Å². The molecule has 1 aliphatic rings. The first-order chi connectivity index (χ1) is 10.4. The Morgan fingerprint density at radius 2 is 2.18 bits per heavy atom. The zero-order valence-electron chi connectivity index (χ0n) is 12.8. The van der Waals surface area contributed by atoms with Crippen LogP contribution in [0.1, 0.15) is 31.7 Å². The highest BCUT2D eigenvalue weighted by Crippen LogP contribution is 2.30. The summed E-state index contributed by atoms with van der Waals surface area (Å²) in [7, 11) is 1.39. The smallest absolute Gasteiger partial charge is 0.329 e. The Bertz CT molecular complexity index is 590. The number of hydrogen-bond donors (Lipinski definition) is 1. The fourth-order valence-corrected chi connectivity index (χ4v) is 2.84. The molecule has 0 saturated carbocycles. The van der Waals surface area contributed by atoms with Crippen LogP contribution >= 0.6 is 0 Å². The van der Waals surface area contributed by atoms with Gasteiger partial charge in [-0.1, -0.05) is 6.07 Å². The first-order valence-electron chi connectivity index (χ1n) is 7.25. The Labute approximate surface area is 128 Å². The number of carbonyl (C=O) groups is 2. The summed E-state index contributed by atoms with van der Waals surface area (Å²) in [6, 6.07) is 4.56. The molecule has 1 aliphatic heterocycles. The predicted octanol–water partition coefficient (Wildman–Crippen LogP) is 2.23. The van der Waals surface area contributed by atoms with Crippen molar-refractivity contribution < 1.29 is 23.8 Å². The third kappa shape index (κ3) is 3.05. The molecular formula is C16H20FNO4. The van der Waals surface area contributed by atoms with E-state index in [0.717, 1.165) is 0 Å². The molecule has 0 spiro atoms. The summed E-state index contributed by atoms with van der Waals surface area (Å²) in [5.74, 6) is -1.50. The number of ether oxygens (including phenoxy) is 1. The molecule has 22 heavy (non-hydrogen) atoms. The molecule has 0 aromatic heterocycles. The number of carbonyl (C=O) groups excluding carboxylic acids is 1. The van der Waals surface area contributed by atoms with E-state index >= 15 is 0 Å². The first kappa shape index (κ1) is 16.3. The molecule has 1 heterocycles. The maximum Gasteiger partial charge on any atom is 0.329 e. The number of methoxy groups -OCH3 is 1. The number of rotatable bonds is 5. The van der Waals surface area contributed by atoms with E-state index in [4.69, 9.17) is 4.74 Å². The number of aliphatic carboxylic acids is 1. The third-order valence-electron chi connectivity index (χ3n) is 4.25. The van der Waals surface area contributed by atoms with E-state index in [1.807, 2.05) is 0 Å². The SMILES string of the molecule is COc1ccc(CCC(=O)N2CCCC2(C)C(=O)O)cc1F. The highest BCUT2D eigenvalue weighted by Gasteiger charge is 2.45. The fourth-order valence-electron chi connectivity index (χ4n) is 2.84. The van der Waals surface area contributed by atoms with E-state index in [-0.39, 0.29) is 18.1 Å². The van der Waals surface area contributed by atoms with E-state index in [1.165, 1.54) is 24.1 Å². The minimum absolute atomic E-state index is 0.160. The molecule has 0 bridgehead atoms. The van der Waals surface area contributed by atoms with Gasteiger partial charge in [0.05, 0.1) is 7.11 Å². The number of nitrogens with zero attached hydrogens (tertiary/aromatic N) is 1. The van der Waals surface area contributed by atoms with Gasteiger partial charge in [-0.05, 0) is 43.9 Å². The van der Waals surface area contributed by atoms with Gasteiger partial charge in [0.2, 0.25) is 5.91 Å². The van der Waals surface area contributed by atoms with Crippen LogP contribution in [0.3, 0.4) is 0 Å². The lowest BCUT2D eigenvalue weighted by atomic mass is 9.98. The molecule has 0 aliphatic carbocycles. The van der Waals surface area contributed by atoms with Crippen molar-refractivity contribution in [1.29, 1.82) is 0 Å². The molecule has 1 aromatic rings. The third-order valence-corrected chi connectivity index (χ3v) is 4.25. The number of amides is 1. The van der Waals surface area contributed by atoms with Gasteiger partial charge in [0.15, 0.2) is 11.6 Å². The monoisotopic (exact) mass is 309 g/mol. The van der Waals surface area contributed by atoms with Gasteiger partial charge in [0.25, 0.3) is 0 Å². The lowest BCUT2D eigenvalue weighted by Gasteiger charge is -2.31. The molecule has 120 valence electrons. The van der Waals surface area contributed by atoms with Crippen LogP contribution in [0.5, 0.6) is 5.75 Å². The maximum absolute atomic E-state index is 13.6. The van der Waals surface area contributed by atoms with E-state index in [9.17, 15) is 19.1 Å². The van der Waals surface area contributed by atoms with Gasteiger partial charge >= 0.3 is 5.97 Å². The number of carboxylic acid groups (broad SMARTS) is 1. The highest BCUT2D eigenvalue weighted by molar-refractivity contribution is 5.87. The second-order valence-electron chi connectivity index (χ2n) is 5.70. The quantitative estimate of drug-likeness (QED) is 0.906. The molecule has 1 amide bonds. The molecule has 1 N–H and O–H groups in total. The molecule has 1 atom stereocenters. The van der Waals surface area contributed by atoms with Crippen molar-refractivity contribution in [2.24, 2.45) is 0 Å². The summed E-state index contributed by atoms with van der Waals surface area (Å²) < 4.78 is 18.5. The van der Waals surface area contributed by atoms with Gasteiger partial charge in [-0.25, -0.2) is 9.18 Å². The molecule has 1 unspecified atom stereocenters. The van der Waals surface area contributed by atoms with Crippen LogP contribution in [0.15, 0.2) is 18.2 Å². The molecular weight excluding hydrogens is 289 g/mol. The Balaban J connectivity index is 2.01. The Hall–Kier alpha value is -2.11. The predicted molar refractivity (Wildman–Crippen MR) is 78.3 cm³/mol. The number of aryl methyl sites for hydroxylation is 1. The van der Waals surface area contributed by atoms with Gasteiger partial charge in [0.1, 0.15) is 5.54 Å². The van der Waals surface area contributed by atoms with Crippen molar-refractivity contribution in [3.05, 3.63) is 29.6 Å². The van der Waals surface area contributed by atoms with Crippen LogP contribution in [0.4, 0.5) is 4.39 Å². The van der Waals surface area contributed by atoms with Crippen molar-refractivity contribution in [1.82, 2.24) is 4.90 Å². The van der Waals surface area contributed by atoms with Gasteiger partial charge in [0, 0.05) is 13.0 Å². The van der Waals surface area contributed by atoms with Crippen molar-refractivity contribution in [3.63, 3.8) is 0 Å². The molecule has 2 rings (SSSR count). The second kappa shape index (κ2) is 6.34. The molecule has 1 saturated heterocycles. The second-order valence-corrected chi connectivity index (χ2v) is 5.70. The molecule has 1 aromatic carbocycles. The summed E-state index contributed by atoms with van der Waals surface area (Å²) in [5, 5.41) is 9.31. The Morgan fingerprint density at radius 1 is 1.45 bits per heavy atom. The summed E-state index contributed by atoms with van der Waals surface area (Å²) in [5.41, 5.74) is -0.440. The zero-order chi connectivity index (χ0) is 16.3. The number of carboxylic acids is 1. The topological polar surface area (TPSA) is 66.8 Å². The minimum atomic E-state index is -1.12. The number of hydrogen-bond acceptors (Lipinski definition) is 3. The van der Waals surface area contributed by atoms with Gasteiger partial charge < -0.3 is 14.7 Å². The highest BCUT2D eigenvalue weighted by atomic mass is 19.1. The van der Waals surface area contributed by atoms with Crippen molar-refractivity contribution in [2.45, 2.75) is 38.1 Å². The Morgan fingerprint density at radius 3 is 2.77 bits per heavy atom. The fraction of sp³-hybridized carbons (Fsp3) is 0.500. The summed E-state index contributed by atoms with van der Waals surface area (Å²) in [4.78, 5) is 25.1. The van der Waals surface area contributed by atoms with E-state index in [1.54, 1.807) is 13.0 Å². The zero-order valence-corrected chi connectivity index (χ0v) is 12.8. The summed E-state index contributed by atoms with van der Waals surface area (Å²) in [6.45, 7) is 2.03. The van der Waals surface area contributed by atoms with Gasteiger partial charge in [-0.3, -0.25) is 4.79 Å². The van der Waals surface area contributed by atoms with Crippen LogP contribution in [0.25, 0.3) is 0 Å². The normalized spacial score (nSPS) is 21.0. The van der Waals surface area contributed by atoms with Crippen LogP contribution in [-0.4, -0.2) is 41.1 Å². The van der Waals surface area contributed by atoms with Crippen molar-refractivity contribution in [3.8, 4) is 5.75 Å². The van der Waals surface area contributed by atoms with E-state index < -0.39 is 17.3 Å². The molecule has 5 nitrogen and oxygen atoms in total. The average Bonchev–Trinajstić information content (AvgIpc) is 2.88. The number of benzene rings is 1. The van der Waals surface area contributed by atoms with Crippen LogP contribution in [0.2, 0.25) is 0 Å². The number of halogens is 1. The van der Waals surface area contributed by atoms with Crippen molar-refractivity contribution in [2.75, 3.05) is 13.7 Å². The molecule has 6 heteroatoms. The largest absolute Gasteiger partial charge is 0.494 e. The minimum Gasteiger partial charge on any atom is -0.494 e. The standard InChI is InChI=1S/C16H20FNO4/c1-16(15(20)21)8-3-9-18(16)14(19)7-5-11-4-6-13(22-2)12(17)10-11/h4,6,10H,3,5,7-9H2,1-2H3,(H,20,21). The van der Waals surface area contributed by atoms with Crippen LogP contribution < -0.4 is 4.74 Å². The van der Waals surface area contributed by atoms with Gasteiger partial charge in [-0.15, -0.1) is 0 Å². The lowest BCUT2D eigenvalue weighted by molar-refractivity contribution is -0.155. The lowest BCUT2D eigenvalue weighted by Crippen LogP contribution is -2.50. The first-order valence-corrected chi connectivity index (χ1v) is 7.25. The van der Waals surface area contributed by atoms with E-state index in [2.05, 4.69) is 0 Å². The molecule has 1 fully saturated rings. The average molecular weight is 309 g/mol. The molecule has 0 radical (unpaired) electrons. The summed E-state index contributed by atoms with van der Waals surface area (Å²) in [6.07, 6.45) is 1.68. The maximum atomic E-state index is 13.6. The Kier molecular flexibility index (Phi) is 4.68.